The predicted octanol–water partition coefficient (Wildman–Crippen LogP) is 1.55. The van der Waals surface area contributed by atoms with Gasteiger partial charge in [0.15, 0.2) is 5.82 Å². The number of nitrogens with one attached hydrogen (secondary N) is 1. The number of nitrogens with zero attached hydrogens (tertiary/aromatic N) is 5. The van der Waals surface area contributed by atoms with Crippen molar-refractivity contribution in [3.05, 3.63) is 41.7 Å². The summed E-state index contributed by atoms with van der Waals surface area (Å²) < 4.78 is 27.4. The molecule has 146 valence electrons. The molecule has 0 aliphatic carbocycles. The van der Waals surface area contributed by atoms with Crippen molar-refractivity contribution in [3.63, 3.8) is 0 Å². The fraction of sp³-hybridized carbons (Fsp3) is 0.500. The molecule has 1 aliphatic rings. The van der Waals surface area contributed by atoms with E-state index in [2.05, 4.69) is 24.6 Å². The van der Waals surface area contributed by atoms with Gasteiger partial charge < -0.3 is 9.80 Å². The molecule has 1 N–H and O–H groups in total. The quantitative estimate of drug-likeness (QED) is 0.767. The van der Waals surface area contributed by atoms with E-state index in [1.54, 1.807) is 17.0 Å². The molecule has 0 radical (unpaired) electrons. The van der Waals surface area contributed by atoms with Crippen LogP contribution in [0.1, 0.15) is 30.7 Å². The van der Waals surface area contributed by atoms with Crippen LogP contribution in [0.3, 0.4) is 0 Å². The Bertz CT molecular complexity index is 851. The number of aromatic nitrogens is 3. The lowest BCUT2D eigenvalue weighted by atomic mass is 10.1. The Morgan fingerprint density at radius 1 is 1.04 bits per heavy atom. The van der Waals surface area contributed by atoms with Crippen molar-refractivity contribution in [3.8, 4) is 0 Å². The van der Waals surface area contributed by atoms with E-state index < -0.39 is 10.0 Å². The van der Waals surface area contributed by atoms with Crippen LogP contribution in [0.15, 0.2) is 30.3 Å². The molecule has 0 unspecified atom stereocenters. The second-order valence-corrected chi connectivity index (χ2v) is 8.67. The van der Waals surface area contributed by atoms with Gasteiger partial charge in [-0.1, -0.05) is 30.3 Å². The number of anilines is 2. The van der Waals surface area contributed by atoms with Gasteiger partial charge in [-0.05, 0) is 24.8 Å². The van der Waals surface area contributed by atoms with Gasteiger partial charge in [0, 0.05) is 27.2 Å². The molecule has 0 atom stereocenters. The summed E-state index contributed by atoms with van der Waals surface area (Å²) in [6.45, 7) is 1.87. The van der Waals surface area contributed by atoms with Crippen molar-refractivity contribution < 1.29 is 8.42 Å². The average molecular weight is 391 g/mol. The van der Waals surface area contributed by atoms with Crippen molar-refractivity contribution in [2.75, 3.05) is 37.0 Å². The highest BCUT2D eigenvalue weighted by Gasteiger charge is 2.18. The summed E-state index contributed by atoms with van der Waals surface area (Å²) in [7, 11) is 0.238. The van der Waals surface area contributed by atoms with Gasteiger partial charge in [-0.2, -0.15) is 15.0 Å². The summed E-state index contributed by atoms with van der Waals surface area (Å²) in [6, 6.07) is 9.09. The molecule has 9 heteroatoms. The number of hydrogen-bond donors (Lipinski definition) is 1. The van der Waals surface area contributed by atoms with E-state index >= 15 is 0 Å². The topological polar surface area (TPSA) is 91.3 Å². The van der Waals surface area contributed by atoms with Gasteiger partial charge in [0.2, 0.25) is 21.9 Å². The van der Waals surface area contributed by atoms with Crippen LogP contribution in [-0.4, -0.2) is 50.6 Å². The standard InChI is InChI=1S/C18H26N6O2S/c1-23(2)17-20-16(21-18(22-17)24-11-7-4-8-12-24)13-19-27(25,26)14-15-9-5-3-6-10-15/h3,5-6,9-10,19H,4,7-8,11-14H2,1-2H3. The summed E-state index contributed by atoms with van der Waals surface area (Å²) >= 11 is 0. The summed E-state index contributed by atoms with van der Waals surface area (Å²) in [6.07, 6.45) is 3.44. The van der Waals surface area contributed by atoms with Gasteiger partial charge in [0.1, 0.15) is 0 Å². The second-order valence-electron chi connectivity index (χ2n) is 6.86. The zero-order chi connectivity index (χ0) is 19.3. The van der Waals surface area contributed by atoms with E-state index in [1.165, 1.54) is 6.42 Å². The summed E-state index contributed by atoms with van der Waals surface area (Å²) in [5.74, 6) is 1.50. The van der Waals surface area contributed by atoms with Gasteiger partial charge >= 0.3 is 0 Å². The third kappa shape index (κ3) is 5.61. The summed E-state index contributed by atoms with van der Waals surface area (Å²) in [4.78, 5) is 17.4. The summed E-state index contributed by atoms with van der Waals surface area (Å²) in [5, 5.41) is 0. The normalized spacial score (nSPS) is 15.0. The molecule has 1 aromatic carbocycles. The first-order valence-electron chi connectivity index (χ1n) is 9.11. The van der Waals surface area contributed by atoms with Gasteiger partial charge in [-0.25, -0.2) is 13.1 Å². The van der Waals surface area contributed by atoms with Gasteiger partial charge in [-0.3, -0.25) is 0 Å². The maximum absolute atomic E-state index is 12.4. The Hall–Kier alpha value is -2.26. The average Bonchev–Trinajstić information content (AvgIpc) is 2.67. The minimum Gasteiger partial charge on any atom is -0.347 e. The highest BCUT2D eigenvalue weighted by atomic mass is 32.2. The van der Waals surface area contributed by atoms with E-state index in [-0.39, 0.29) is 12.3 Å². The van der Waals surface area contributed by atoms with Crippen LogP contribution in [-0.2, 0) is 22.3 Å². The molecule has 0 saturated carbocycles. The van der Waals surface area contributed by atoms with Crippen molar-refractivity contribution in [1.82, 2.24) is 19.7 Å². The first kappa shape index (κ1) is 19.5. The SMILES string of the molecule is CN(C)c1nc(CNS(=O)(=O)Cc2ccccc2)nc(N2CCCCC2)n1. The molecule has 27 heavy (non-hydrogen) atoms. The Labute approximate surface area is 160 Å². The van der Waals surface area contributed by atoms with Crippen LogP contribution in [0.2, 0.25) is 0 Å². The zero-order valence-corrected chi connectivity index (χ0v) is 16.6. The molecule has 2 aromatic rings. The van der Waals surface area contributed by atoms with E-state index in [4.69, 9.17) is 0 Å². The molecule has 0 spiro atoms. The van der Waals surface area contributed by atoms with Crippen LogP contribution in [0.5, 0.6) is 0 Å². The number of hydrogen-bond acceptors (Lipinski definition) is 7. The molecular formula is C18H26N6O2S. The van der Waals surface area contributed by atoms with Gasteiger partial charge in [-0.15, -0.1) is 0 Å². The van der Waals surface area contributed by atoms with Gasteiger partial charge in [0.25, 0.3) is 0 Å². The maximum atomic E-state index is 12.4. The third-order valence-electron chi connectivity index (χ3n) is 4.35. The second kappa shape index (κ2) is 8.62. The molecular weight excluding hydrogens is 364 g/mol. The molecule has 1 aromatic heterocycles. The smallest absolute Gasteiger partial charge is 0.230 e. The lowest BCUT2D eigenvalue weighted by Crippen LogP contribution is -2.33. The van der Waals surface area contributed by atoms with Crippen LogP contribution >= 0.6 is 0 Å². The highest BCUT2D eigenvalue weighted by molar-refractivity contribution is 7.88. The Morgan fingerprint density at radius 3 is 2.41 bits per heavy atom. The van der Waals surface area contributed by atoms with E-state index in [9.17, 15) is 8.42 Å². The molecule has 1 aliphatic heterocycles. The molecule has 2 heterocycles. The van der Waals surface area contributed by atoms with E-state index in [0.29, 0.717) is 17.7 Å². The number of piperidine rings is 1. The highest BCUT2D eigenvalue weighted by Crippen LogP contribution is 2.18. The number of rotatable bonds is 7. The largest absolute Gasteiger partial charge is 0.347 e. The lowest BCUT2D eigenvalue weighted by molar-refractivity contribution is 0.563. The first-order valence-corrected chi connectivity index (χ1v) is 10.8. The Morgan fingerprint density at radius 2 is 1.74 bits per heavy atom. The molecule has 1 fully saturated rings. The fourth-order valence-corrected chi connectivity index (χ4v) is 4.01. The van der Waals surface area contributed by atoms with Crippen LogP contribution < -0.4 is 14.5 Å². The molecule has 0 bridgehead atoms. The molecule has 1 saturated heterocycles. The number of benzene rings is 1. The van der Waals surface area contributed by atoms with Crippen LogP contribution in [0, 0.1) is 0 Å². The van der Waals surface area contributed by atoms with Crippen molar-refractivity contribution in [1.29, 1.82) is 0 Å². The lowest BCUT2D eigenvalue weighted by Gasteiger charge is -2.27. The predicted molar refractivity (Wildman–Crippen MR) is 106 cm³/mol. The summed E-state index contributed by atoms with van der Waals surface area (Å²) in [5.41, 5.74) is 0.739. The molecule has 8 nitrogen and oxygen atoms in total. The Kier molecular flexibility index (Phi) is 6.22. The minimum absolute atomic E-state index is 0.0410. The van der Waals surface area contributed by atoms with Crippen molar-refractivity contribution in [2.45, 2.75) is 31.6 Å². The third-order valence-corrected chi connectivity index (χ3v) is 5.64. The van der Waals surface area contributed by atoms with Gasteiger partial charge in [0.05, 0.1) is 12.3 Å². The first-order chi connectivity index (χ1) is 12.9. The maximum Gasteiger partial charge on any atom is 0.230 e. The minimum atomic E-state index is -3.48. The van der Waals surface area contributed by atoms with Crippen molar-refractivity contribution in [2.24, 2.45) is 0 Å². The molecule has 3 rings (SSSR count). The van der Waals surface area contributed by atoms with Crippen LogP contribution in [0.4, 0.5) is 11.9 Å². The monoisotopic (exact) mass is 390 g/mol. The number of sulfonamides is 1. The fourth-order valence-electron chi connectivity index (χ4n) is 2.93. The zero-order valence-electron chi connectivity index (χ0n) is 15.8. The van der Waals surface area contributed by atoms with E-state index in [0.717, 1.165) is 31.5 Å². The van der Waals surface area contributed by atoms with E-state index in [1.807, 2.05) is 32.3 Å². The molecule has 0 amide bonds. The van der Waals surface area contributed by atoms with Crippen molar-refractivity contribution >= 4 is 21.9 Å². The Balaban J connectivity index is 1.74. The van der Waals surface area contributed by atoms with Crippen LogP contribution in [0.25, 0.3) is 0 Å².